The van der Waals surface area contributed by atoms with Crippen LogP contribution in [0, 0.1) is 0 Å². The van der Waals surface area contributed by atoms with Gasteiger partial charge in [-0.25, -0.2) is 4.98 Å². The van der Waals surface area contributed by atoms with Crippen LogP contribution in [0.2, 0.25) is 0 Å². The van der Waals surface area contributed by atoms with Crippen LogP contribution in [-0.4, -0.2) is 43.3 Å². The molecule has 1 aromatic heterocycles. The molecule has 0 saturated heterocycles. The minimum absolute atomic E-state index is 0.646. The molecule has 0 aliphatic rings. The second kappa shape index (κ2) is 7.84. The summed E-state index contributed by atoms with van der Waals surface area (Å²) in [5.74, 6) is 1.35. The lowest BCUT2D eigenvalue weighted by molar-refractivity contribution is 0.305. The number of nitrogens with one attached hydrogen (secondary N) is 1. The van der Waals surface area contributed by atoms with Gasteiger partial charge in [-0.3, -0.25) is 0 Å². The maximum atomic E-state index is 5.48. The average Bonchev–Trinajstić information content (AvgIpc) is 2.37. The van der Waals surface area contributed by atoms with E-state index in [9.17, 15) is 0 Å². The molecule has 0 bridgehead atoms. The van der Waals surface area contributed by atoms with Gasteiger partial charge in [0.25, 0.3) is 0 Å². The zero-order valence-corrected chi connectivity index (χ0v) is 10.9. The SMILES string of the molecule is CCCOc1ccnc(N(C)CCNCC)n1. The Morgan fingerprint density at radius 1 is 1.41 bits per heavy atom. The number of hydrogen-bond donors (Lipinski definition) is 1. The number of ether oxygens (including phenoxy) is 1. The summed E-state index contributed by atoms with van der Waals surface area (Å²) in [5, 5.41) is 3.27. The van der Waals surface area contributed by atoms with Gasteiger partial charge in [0.1, 0.15) is 0 Å². The summed E-state index contributed by atoms with van der Waals surface area (Å²) in [6, 6.07) is 1.79. The molecule has 17 heavy (non-hydrogen) atoms. The summed E-state index contributed by atoms with van der Waals surface area (Å²) in [4.78, 5) is 10.6. The molecule has 0 fully saturated rings. The molecule has 5 nitrogen and oxygen atoms in total. The maximum Gasteiger partial charge on any atom is 0.228 e. The first kappa shape index (κ1) is 13.7. The fourth-order valence-electron chi connectivity index (χ4n) is 1.33. The molecule has 96 valence electrons. The lowest BCUT2D eigenvalue weighted by Gasteiger charge is -2.17. The first-order valence-electron chi connectivity index (χ1n) is 6.15. The van der Waals surface area contributed by atoms with E-state index in [1.54, 1.807) is 12.3 Å². The van der Waals surface area contributed by atoms with Gasteiger partial charge in [-0.15, -0.1) is 0 Å². The van der Waals surface area contributed by atoms with Crippen molar-refractivity contribution >= 4 is 5.95 Å². The summed E-state index contributed by atoms with van der Waals surface area (Å²) in [6.45, 7) is 7.65. The Morgan fingerprint density at radius 2 is 2.24 bits per heavy atom. The largest absolute Gasteiger partial charge is 0.478 e. The van der Waals surface area contributed by atoms with Crippen LogP contribution in [0.15, 0.2) is 12.3 Å². The smallest absolute Gasteiger partial charge is 0.228 e. The zero-order valence-electron chi connectivity index (χ0n) is 10.9. The zero-order chi connectivity index (χ0) is 12.5. The van der Waals surface area contributed by atoms with E-state index in [0.717, 1.165) is 26.1 Å². The van der Waals surface area contributed by atoms with E-state index in [1.165, 1.54) is 0 Å². The Hall–Kier alpha value is -1.36. The van der Waals surface area contributed by atoms with E-state index in [1.807, 2.05) is 11.9 Å². The highest BCUT2D eigenvalue weighted by molar-refractivity contribution is 5.30. The van der Waals surface area contributed by atoms with Gasteiger partial charge >= 0.3 is 0 Å². The van der Waals surface area contributed by atoms with Crippen molar-refractivity contribution in [2.45, 2.75) is 20.3 Å². The quantitative estimate of drug-likeness (QED) is 0.692. The fourth-order valence-corrected chi connectivity index (χ4v) is 1.33. The Balaban J connectivity index is 2.51. The molecule has 0 aliphatic carbocycles. The Labute approximate surface area is 103 Å². The minimum atomic E-state index is 0.646. The molecular weight excluding hydrogens is 216 g/mol. The molecule has 0 aliphatic heterocycles. The monoisotopic (exact) mass is 238 g/mol. The summed E-state index contributed by atoms with van der Waals surface area (Å²) < 4.78 is 5.48. The second-order valence-electron chi connectivity index (χ2n) is 3.82. The van der Waals surface area contributed by atoms with Gasteiger partial charge in [0.05, 0.1) is 6.61 Å². The number of nitrogens with zero attached hydrogens (tertiary/aromatic N) is 3. The molecule has 0 radical (unpaired) electrons. The summed E-state index contributed by atoms with van der Waals surface area (Å²) in [6.07, 6.45) is 2.71. The van der Waals surface area contributed by atoms with Crippen molar-refractivity contribution in [1.82, 2.24) is 15.3 Å². The highest BCUT2D eigenvalue weighted by Gasteiger charge is 2.05. The van der Waals surface area contributed by atoms with Gasteiger partial charge in [0.2, 0.25) is 11.8 Å². The van der Waals surface area contributed by atoms with E-state index in [2.05, 4.69) is 29.1 Å². The summed E-state index contributed by atoms with van der Waals surface area (Å²) in [5.41, 5.74) is 0. The summed E-state index contributed by atoms with van der Waals surface area (Å²) >= 11 is 0. The lowest BCUT2D eigenvalue weighted by atomic mass is 10.5. The van der Waals surface area contributed by atoms with Crippen molar-refractivity contribution in [3.8, 4) is 5.88 Å². The number of aromatic nitrogens is 2. The van der Waals surface area contributed by atoms with E-state index >= 15 is 0 Å². The molecule has 0 spiro atoms. The Kier molecular flexibility index (Phi) is 6.32. The van der Waals surface area contributed by atoms with Gasteiger partial charge in [0, 0.05) is 32.4 Å². The molecule has 5 heteroatoms. The van der Waals surface area contributed by atoms with Crippen molar-refractivity contribution in [1.29, 1.82) is 0 Å². The van der Waals surface area contributed by atoms with E-state index in [4.69, 9.17) is 4.74 Å². The highest BCUT2D eigenvalue weighted by atomic mass is 16.5. The first-order valence-corrected chi connectivity index (χ1v) is 6.15. The molecular formula is C12H22N4O. The maximum absolute atomic E-state index is 5.48. The third-order valence-electron chi connectivity index (χ3n) is 2.29. The number of likely N-dealkylation sites (N-methyl/N-ethyl adjacent to an activating group) is 2. The van der Waals surface area contributed by atoms with Crippen molar-refractivity contribution in [2.24, 2.45) is 0 Å². The molecule has 0 unspecified atom stereocenters. The van der Waals surface area contributed by atoms with E-state index in [0.29, 0.717) is 18.4 Å². The molecule has 1 heterocycles. The minimum Gasteiger partial charge on any atom is -0.478 e. The van der Waals surface area contributed by atoms with Crippen LogP contribution in [-0.2, 0) is 0 Å². The molecule has 0 saturated carbocycles. The van der Waals surface area contributed by atoms with Crippen LogP contribution in [0.3, 0.4) is 0 Å². The third-order valence-corrected chi connectivity index (χ3v) is 2.29. The molecule has 1 N–H and O–H groups in total. The van der Waals surface area contributed by atoms with Gasteiger partial charge in [0.15, 0.2) is 0 Å². The van der Waals surface area contributed by atoms with Crippen LogP contribution in [0.5, 0.6) is 5.88 Å². The average molecular weight is 238 g/mol. The third kappa shape index (κ3) is 4.99. The van der Waals surface area contributed by atoms with Gasteiger partial charge in [-0.1, -0.05) is 13.8 Å². The number of rotatable bonds is 8. The molecule has 1 aromatic rings. The predicted molar refractivity (Wildman–Crippen MR) is 69.6 cm³/mol. The molecule has 0 aromatic carbocycles. The van der Waals surface area contributed by atoms with Crippen molar-refractivity contribution in [2.75, 3.05) is 38.2 Å². The van der Waals surface area contributed by atoms with Crippen LogP contribution in [0.4, 0.5) is 5.95 Å². The molecule has 0 amide bonds. The van der Waals surface area contributed by atoms with E-state index < -0.39 is 0 Å². The second-order valence-corrected chi connectivity index (χ2v) is 3.82. The van der Waals surface area contributed by atoms with Gasteiger partial charge in [-0.2, -0.15) is 4.98 Å². The highest BCUT2D eigenvalue weighted by Crippen LogP contribution is 2.11. The Morgan fingerprint density at radius 3 is 2.94 bits per heavy atom. The van der Waals surface area contributed by atoms with Crippen molar-refractivity contribution < 1.29 is 4.74 Å². The topological polar surface area (TPSA) is 50.3 Å². The number of hydrogen-bond acceptors (Lipinski definition) is 5. The fraction of sp³-hybridized carbons (Fsp3) is 0.667. The molecule has 1 rings (SSSR count). The molecule has 0 atom stereocenters. The first-order chi connectivity index (χ1) is 8.27. The lowest BCUT2D eigenvalue weighted by Crippen LogP contribution is -2.30. The van der Waals surface area contributed by atoms with Crippen LogP contribution in [0.1, 0.15) is 20.3 Å². The van der Waals surface area contributed by atoms with E-state index in [-0.39, 0.29) is 0 Å². The number of anilines is 1. The standard InChI is InChI=1S/C12H22N4O/c1-4-10-17-11-6-7-14-12(15-11)16(3)9-8-13-5-2/h6-7,13H,4-5,8-10H2,1-3H3. The predicted octanol–water partition coefficient (Wildman–Crippen LogP) is 1.31. The summed E-state index contributed by atoms with van der Waals surface area (Å²) in [7, 11) is 1.98. The van der Waals surface area contributed by atoms with Crippen LogP contribution in [0.25, 0.3) is 0 Å². The van der Waals surface area contributed by atoms with Crippen LogP contribution < -0.4 is 15.0 Å². The van der Waals surface area contributed by atoms with Gasteiger partial charge in [-0.05, 0) is 13.0 Å². The van der Waals surface area contributed by atoms with Crippen molar-refractivity contribution in [3.63, 3.8) is 0 Å². The van der Waals surface area contributed by atoms with Crippen molar-refractivity contribution in [3.05, 3.63) is 12.3 Å². The van der Waals surface area contributed by atoms with Crippen LogP contribution >= 0.6 is 0 Å². The Bertz CT molecular complexity index is 319. The van der Waals surface area contributed by atoms with Gasteiger partial charge < -0.3 is 15.0 Å². The normalized spacial score (nSPS) is 10.3.